The number of nitrogens with zero attached hydrogens (tertiary/aromatic N) is 3. The first-order chi connectivity index (χ1) is 16.0. The maximum Gasteiger partial charge on any atom is 0.362 e. The monoisotopic (exact) mass is 495 g/mol. The summed E-state index contributed by atoms with van der Waals surface area (Å²) in [5.41, 5.74) is 0.325. The van der Waals surface area contributed by atoms with E-state index in [1.54, 1.807) is 32.0 Å². The average molecular weight is 496 g/mol. The largest absolute Gasteiger partial charge is 0.362 e. The van der Waals surface area contributed by atoms with E-state index in [1.165, 1.54) is 17.0 Å². The van der Waals surface area contributed by atoms with E-state index in [9.17, 15) is 32.4 Å². The highest BCUT2D eigenvalue weighted by Crippen LogP contribution is 2.20. The van der Waals surface area contributed by atoms with Crippen molar-refractivity contribution in [3.05, 3.63) is 35.9 Å². The Morgan fingerprint density at radius 2 is 1.74 bits per heavy atom. The molecule has 2 unspecified atom stereocenters. The van der Waals surface area contributed by atoms with E-state index in [-0.39, 0.29) is 10.8 Å². The summed E-state index contributed by atoms with van der Waals surface area (Å²) >= 11 is 0. The van der Waals surface area contributed by atoms with Crippen molar-refractivity contribution < 1.29 is 36.9 Å². The number of hydrogen-bond donors (Lipinski definition) is 3. The molecule has 2 aliphatic rings. The van der Waals surface area contributed by atoms with Crippen LogP contribution in [0.2, 0.25) is 0 Å². The molecule has 0 aromatic heterocycles. The van der Waals surface area contributed by atoms with E-state index >= 15 is 0 Å². The Morgan fingerprint density at radius 3 is 2.26 bits per heavy atom. The number of amides is 6. The summed E-state index contributed by atoms with van der Waals surface area (Å²) in [6, 6.07) is 3.85. The van der Waals surface area contributed by atoms with Crippen molar-refractivity contribution in [2.75, 3.05) is 19.6 Å². The van der Waals surface area contributed by atoms with Gasteiger partial charge in [0.2, 0.25) is 5.91 Å². The third-order valence-corrected chi connectivity index (χ3v) is 6.59. The summed E-state index contributed by atoms with van der Waals surface area (Å²) in [5, 5.41) is 4.79. The molecule has 3 N–H and O–H groups in total. The minimum Gasteiger partial charge on any atom is -0.341 e. The van der Waals surface area contributed by atoms with Crippen LogP contribution >= 0.6 is 0 Å². The number of carbonyl (C=O) groups is 5. The molecule has 2 saturated heterocycles. The Labute approximate surface area is 195 Å². The highest BCUT2D eigenvalue weighted by atomic mass is 32.2. The van der Waals surface area contributed by atoms with Gasteiger partial charge in [0.05, 0.1) is 12.6 Å². The van der Waals surface area contributed by atoms with Crippen molar-refractivity contribution >= 4 is 40.0 Å². The van der Waals surface area contributed by atoms with Crippen LogP contribution in [0.1, 0.15) is 31.9 Å². The second kappa shape index (κ2) is 9.77. The number of piperazine rings is 1. The molecule has 1 aromatic carbocycles. The lowest BCUT2D eigenvalue weighted by Gasteiger charge is -2.39. The summed E-state index contributed by atoms with van der Waals surface area (Å²) in [4.78, 5) is 65.1. The van der Waals surface area contributed by atoms with Crippen LogP contribution in [0.4, 0.5) is 4.79 Å². The Bertz CT molecular complexity index is 1110. The lowest BCUT2D eigenvalue weighted by molar-refractivity contribution is -0.156. The predicted molar refractivity (Wildman–Crippen MR) is 116 cm³/mol. The van der Waals surface area contributed by atoms with Gasteiger partial charge >= 0.3 is 28.1 Å². The van der Waals surface area contributed by atoms with Gasteiger partial charge in [0.1, 0.15) is 12.1 Å². The Balaban J connectivity index is 1.80. The van der Waals surface area contributed by atoms with Crippen molar-refractivity contribution in [2.24, 2.45) is 0 Å². The molecule has 13 nitrogen and oxygen atoms in total. The van der Waals surface area contributed by atoms with Crippen LogP contribution in [0.25, 0.3) is 0 Å². The molecule has 6 amide bonds. The van der Waals surface area contributed by atoms with E-state index in [0.717, 1.165) is 4.90 Å². The summed E-state index contributed by atoms with van der Waals surface area (Å²) < 4.78 is 31.4. The molecule has 3 atom stereocenters. The summed E-state index contributed by atoms with van der Waals surface area (Å²) in [6.07, 6.45) is 0.382. The standard InChI is InChI=1S/C20H25N5O8S/c1-3-13-10-23(4-2)18(28)19(29)25(13)20(30)22-15(12-8-6-5-7-9-12)16(26)21-14-11-24(17(14)27)34(31,32)33/h5-9,13-15H,3-4,10-11H2,1-2H3,(H,21,26)(H,22,30)(H,31,32,33)/t13-,14?,15?/m1/s1. The zero-order valence-electron chi connectivity index (χ0n) is 18.5. The van der Waals surface area contributed by atoms with Crippen molar-refractivity contribution in [1.82, 2.24) is 24.7 Å². The average Bonchev–Trinajstić information content (AvgIpc) is 2.80. The van der Waals surface area contributed by atoms with Crippen molar-refractivity contribution in [1.29, 1.82) is 0 Å². The first-order valence-corrected chi connectivity index (χ1v) is 12.0. The lowest BCUT2D eigenvalue weighted by Crippen LogP contribution is -2.66. The number of hydrogen-bond acceptors (Lipinski definition) is 7. The van der Waals surface area contributed by atoms with Gasteiger partial charge in [-0.05, 0) is 18.9 Å². The third-order valence-electron chi connectivity index (χ3n) is 5.71. The number of benzene rings is 1. The molecular weight excluding hydrogens is 470 g/mol. The molecule has 0 spiro atoms. The summed E-state index contributed by atoms with van der Waals surface area (Å²) in [7, 11) is -4.73. The molecule has 2 fully saturated rings. The van der Waals surface area contributed by atoms with Gasteiger partial charge in [-0.2, -0.15) is 8.42 Å². The molecule has 34 heavy (non-hydrogen) atoms. The van der Waals surface area contributed by atoms with Gasteiger partial charge in [-0.25, -0.2) is 9.10 Å². The molecule has 1 aromatic rings. The van der Waals surface area contributed by atoms with Crippen LogP contribution in [0, 0.1) is 0 Å². The van der Waals surface area contributed by atoms with Gasteiger partial charge in [0.15, 0.2) is 0 Å². The van der Waals surface area contributed by atoms with Gasteiger partial charge in [-0.1, -0.05) is 37.3 Å². The van der Waals surface area contributed by atoms with Gasteiger partial charge in [-0.3, -0.25) is 28.6 Å². The van der Waals surface area contributed by atoms with E-state index < -0.39 is 64.6 Å². The quantitative estimate of drug-likeness (QED) is 0.246. The number of carbonyl (C=O) groups excluding carboxylic acids is 5. The SMILES string of the molecule is CC[C@@H]1CN(CC)C(=O)C(=O)N1C(=O)NC(C(=O)NC1CN(S(=O)(=O)O)C1=O)c1ccccc1. The zero-order valence-corrected chi connectivity index (χ0v) is 19.3. The molecular formula is C20H25N5O8S. The number of rotatable bonds is 7. The molecule has 184 valence electrons. The van der Waals surface area contributed by atoms with Crippen molar-refractivity contribution in [3.8, 4) is 0 Å². The minimum atomic E-state index is -4.73. The third kappa shape index (κ3) is 4.87. The maximum atomic E-state index is 13.1. The maximum absolute atomic E-state index is 13.1. The van der Waals surface area contributed by atoms with Crippen LogP contribution in [-0.4, -0.2) is 88.5 Å². The van der Waals surface area contributed by atoms with E-state index in [2.05, 4.69) is 10.6 Å². The highest BCUT2D eigenvalue weighted by Gasteiger charge is 2.46. The van der Waals surface area contributed by atoms with Crippen LogP contribution < -0.4 is 10.6 Å². The van der Waals surface area contributed by atoms with Gasteiger partial charge in [0, 0.05) is 13.1 Å². The molecule has 0 radical (unpaired) electrons. The number of urea groups is 1. The fourth-order valence-electron chi connectivity index (χ4n) is 3.77. The second-order valence-electron chi connectivity index (χ2n) is 7.78. The van der Waals surface area contributed by atoms with Crippen LogP contribution in [0.5, 0.6) is 0 Å². The number of likely N-dealkylation sites (N-methyl/N-ethyl adjacent to an activating group) is 1. The number of nitrogens with one attached hydrogen (secondary N) is 2. The topological polar surface area (TPSA) is 173 Å². The molecule has 2 heterocycles. The normalized spacial score (nSPS) is 21.7. The molecule has 3 rings (SSSR count). The van der Waals surface area contributed by atoms with Crippen LogP contribution in [0.3, 0.4) is 0 Å². The summed E-state index contributed by atoms with van der Waals surface area (Å²) in [6.45, 7) is 3.47. The Kier molecular flexibility index (Phi) is 7.21. The van der Waals surface area contributed by atoms with E-state index in [1.807, 2.05) is 0 Å². The zero-order chi connectivity index (χ0) is 25.2. The number of β-lactam (4-membered cyclic amide) rings is 1. The fraction of sp³-hybridized carbons (Fsp3) is 0.450. The predicted octanol–water partition coefficient (Wildman–Crippen LogP) is -0.964. The summed E-state index contributed by atoms with van der Waals surface area (Å²) in [5.74, 6) is -3.71. The molecule has 2 aliphatic heterocycles. The van der Waals surface area contributed by atoms with Gasteiger partial charge in [0.25, 0.3) is 5.91 Å². The van der Waals surface area contributed by atoms with Crippen molar-refractivity contribution in [2.45, 2.75) is 38.4 Å². The van der Waals surface area contributed by atoms with Crippen molar-refractivity contribution in [3.63, 3.8) is 0 Å². The van der Waals surface area contributed by atoms with E-state index in [0.29, 0.717) is 18.5 Å². The Hall–Kier alpha value is -3.52. The molecule has 0 aliphatic carbocycles. The smallest absolute Gasteiger partial charge is 0.341 e. The van der Waals surface area contributed by atoms with E-state index in [4.69, 9.17) is 4.55 Å². The minimum absolute atomic E-state index is 0.162. The Morgan fingerprint density at radius 1 is 1.09 bits per heavy atom. The van der Waals surface area contributed by atoms with Crippen LogP contribution in [0.15, 0.2) is 30.3 Å². The highest BCUT2D eigenvalue weighted by molar-refractivity contribution is 7.84. The van der Waals surface area contributed by atoms with Gasteiger partial charge in [-0.15, -0.1) is 0 Å². The van der Waals surface area contributed by atoms with Gasteiger partial charge < -0.3 is 15.5 Å². The molecule has 0 saturated carbocycles. The van der Waals surface area contributed by atoms with Crippen LogP contribution in [-0.2, 0) is 29.5 Å². The molecule has 14 heteroatoms. The molecule has 0 bridgehead atoms. The first-order valence-electron chi connectivity index (χ1n) is 10.6. The lowest BCUT2D eigenvalue weighted by atomic mass is 10.0. The first kappa shape index (κ1) is 25.1. The number of imide groups is 1. The second-order valence-corrected chi connectivity index (χ2v) is 9.12. The fourth-order valence-corrected chi connectivity index (χ4v) is 4.46.